The van der Waals surface area contributed by atoms with Gasteiger partial charge in [0.2, 0.25) is 0 Å². The van der Waals surface area contributed by atoms with Crippen molar-refractivity contribution in [3.05, 3.63) is 0 Å². The number of hydrogen-bond acceptors (Lipinski definition) is 4. The monoisotopic (exact) mass is 242 g/mol. The average molecular weight is 242 g/mol. The van der Waals surface area contributed by atoms with E-state index in [9.17, 15) is 0 Å². The zero-order chi connectivity index (χ0) is 8.57. The van der Waals surface area contributed by atoms with Crippen molar-refractivity contribution in [3.63, 3.8) is 0 Å². The Kier molecular flexibility index (Phi) is 51.2. The molecule has 0 rings (SSSR count). The minimum atomic E-state index is 0. The zero-order valence-corrected chi connectivity index (χ0v) is 8.42. The predicted octanol–water partition coefficient (Wildman–Crippen LogP) is -2.55. The van der Waals surface area contributed by atoms with Crippen molar-refractivity contribution in [2.45, 2.75) is 0 Å². The molecule has 0 amide bonds. The second-order valence-corrected chi connectivity index (χ2v) is 1.85. The van der Waals surface area contributed by atoms with Gasteiger partial charge in [0.1, 0.15) is 0 Å². The van der Waals surface area contributed by atoms with Crippen LogP contribution in [0, 0.1) is 0 Å². The predicted molar refractivity (Wildman–Crippen MR) is 62.0 cm³/mol. The van der Waals surface area contributed by atoms with Crippen molar-refractivity contribution >= 4 is 64.3 Å². The van der Waals surface area contributed by atoms with Gasteiger partial charge in [0, 0.05) is 0 Å². The number of rotatable bonds is 0. The van der Waals surface area contributed by atoms with E-state index in [2.05, 4.69) is 33.9 Å². The number of ether oxygens (including phenoxy) is 2. The maximum absolute atomic E-state index is 4.80. The molecular weight excluding hydrogens is 227 g/mol. The van der Waals surface area contributed by atoms with Gasteiger partial charge >= 0.3 is 29.6 Å². The van der Waals surface area contributed by atoms with E-state index in [0.717, 1.165) is 0 Å². The summed E-state index contributed by atoms with van der Waals surface area (Å²) in [5, 5.41) is 0.176. The van der Waals surface area contributed by atoms with Gasteiger partial charge in [-0.15, -0.1) is 0 Å². The summed E-state index contributed by atoms with van der Waals surface area (Å²) in [7, 11) is 2.87. The van der Waals surface area contributed by atoms with Crippen molar-refractivity contribution in [3.8, 4) is 0 Å². The second-order valence-electron chi connectivity index (χ2n) is 1.05. The molecule has 8 N–H and O–H groups in total. The van der Waals surface area contributed by atoms with Gasteiger partial charge in [0.15, 0.2) is 0 Å². The van der Waals surface area contributed by atoms with Gasteiger partial charge in [0.25, 0.3) is 10.3 Å². The van der Waals surface area contributed by atoms with E-state index < -0.39 is 0 Å². The molecule has 0 aliphatic carbocycles. The van der Waals surface area contributed by atoms with E-state index in [1.165, 1.54) is 14.2 Å². The van der Waals surface area contributed by atoms with Crippen molar-refractivity contribution in [2.24, 2.45) is 11.5 Å². The van der Waals surface area contributed by atoms with Crippen LogP contribution in [0.4, 0.5) is 0 Å². The average Bonchev–Trinajstić information content (AvgIpc) is 1.89. The van der Waals surface area contributed by atoms with Gasteiger partial charge in [-0.05, 0) is 24.4 Å². The number of nitrogens with two attached hydrogens (primary N) is 2. The van der Waals surface area contributed by atoms with Crippen LogP contribution in [0.15, 0.2) is 0 Å². The zero-order valence-electron chi connectivity index (χ0n) is 6.79. The Bertz CT molecular complexity index is 113. The summed E-state index contributed by atoms with van der Waals surface area (Å²) in [6.45, 7) is 0. The Hall–Kier alpha value is 0.300. The van der Waals surface area contributed by atoms with E-state index in [4.69, 9.17) is 11.5 Å². The van der Waals surface area contributed by atoms with Gasteiger partial charge in [-0.2, -0.15) is 0 Å². The van der Waals surface area contributed by atoms with Gasteiger partial charge in [0.05, 0.1) is 14.2 Å². The summed E-state index contributed by atoms with van der Waals surface area (Å²) in [6, 6.07) is 0. The van der Waals surface area contributed by atoms with Gasteiger partial charge in [-0.25, -0.2) is 0 Å². The number of hydrogen-bond donors (Lipinski definition) is 2. The van der Waals surface area contributed by atoms with Crippen molar-refractivity contribution in [1.29, 1.82) is 0 Å². The summed E-state index contributed by atoms with van der Waals surface area (Å²) in [6.07, 6.45) is 0. The molecule has 13 heavy (non-hydrogen) atoms. The fourth-order valence-corrected chi connectivity index (χ4v) is 0. The Morgan fingerprint density at radius 3 is 1.00 bits per heavy atom. The number of methoxy groups -OCH3 is 2. The SMILES string of the molecule is COC(N)=S.COC(N)=S.O.O.[NaH]. The van der Waals surface area contributed by atoms with Crippen LogP contribution in [-0.2, 0) is 9.47 Å². The van der Waals surface area contributed by atoms with E-state index in [1.54, 1.807) is 0 Å². The second kappa shape index (κ2) is 22.8. The molecule has 0 aromatic heterocycles. The van der Waals surface area contributed by atoms with Gasteiger partial charge in [-0.3, -0.25) is 0 Å². The first-order valence-corrected chi connectivity index (χ1v) is 3.03. The van der Waals surface area contributed by atoms with Crippen LogP contribution in [-0.4, -0.2) is 65.1 Å². The molecule has 0 saturated heterocycles. The van der Waals surface area contributed by atoms with Gasteiger partial charge < -0.3 is 31.9 Å². The van der Waals surface area contributed by atoms with Crippen molar-refractivity contribution in [1.82, 2.24) is 0 Å². The van der Waals surface area contributed by atoms with Crippen LogP contribution < -0.4 is 11.5 Å². The van der Waals surface area contributed by atoms with Crippen LogP contribution in [0.2, 0.25) is 0 Å². The maximum atomic E-state index is 4.80. The third kappa shape index (κ3) is 70.6. The van der Waals surface area contributed by atoms with Crippen molar-refractivity contribution < 1.29 is 20.4 Å². The van der Waals surface area contributed by atoms with Crippen molar-refractivity contribution in [2.75, 3.05) is 14.2 Å². The molecule has 78 valence electrons. The quantitative estimate of drug-likeness (QED) is 0.355. The van der Waals surface area contributed by atoms with Crippen LogP contribution in [0.1, 0.15) is 0 Å². The summed E-state index contributed by atoms with van der Waals surface area (Å²) in [5.74, 6) is 0. The molecule has 6 nitrogen and oxygen atoms in total. The molecule has 0 heterocycles. The molecule has 0 aliphatic heterocycles. The van der Waals surface area contributed by atoms with Gasteiger partial charge in [-0.1, -0.05) is 0 Å². The molecule has 0 saturated carbocycles. The fourth-order valence-electron chi connectivity index (χ4n) is 0. The summed E-state index contributed by atoms with van der Waals surface area (Å²) in [5.41, 5.74) is 9.60. The summed E-state index contributed by atoms with van der Waals surface area (Å²) < 4.78 is 8.52. The summed E-state index contributed by atoms with van der Waals surface area (Å²) >= 11 is 8.50. The number of thiocarbonyl (C=S) groups is 2. The van der Waals surface area contributed by atoms with E-state index >= 15 is 0 Å². The molecule has 0 bridgehead atoms. The third-order valence-corrected chi connectivity index (χ3v) is 0.736. The summed E-state index contributed by atoms with van der Waals surface area (Å²) in [4.78, 5) is 0. The molecule has 0 spiro atoms. The first-order chi connectivity index (χ1) is 4.54. The Labute approximate surface area is 110 Å². The molecule has 9 heteroatoms. The molecule has 0 aliphatic rings. The van der Waals surface area contributed by atoms with Crippen LogP contribution in [0.25, 0.3) is 0 Å². The molecule has 0 unspecified atom stereocenters. The van der Waals surface area contributed by atoms with Crippen LogP contribution in [0.5, 0.6) is 0 Å². The Balaban J connectivity index is -0.0000000267. The molecular formula is C4H15N2NaO4S2. The topological polar surface area (TPSA) is 134 Å². The molecule has 0 aromatic rings. The molecule has 0 aromatic carbocycles. The first-order valence-electron chi connectivity index (χ1n) is 2.21. The first kappa shape index (κ1) is 29.2. The van der Waals surface area contributed by atoms with Crippen LogP contribution >= 0.6 is 24.4 Å². The fraction of sp³-hybridized carbons (Fsp3) is 0.500. The molecule has 0 radical (unpaired) electrons. The Morgan fingerprint density at radius 2 is 1.00 bits per heavy atom. The molecule has 0 atom stereocenters. The van der Waals surface area contributed by atoms with E-state index in [-0.39, 0.29) is 50.9 Å². The molecule has 0 fully saturated rings. The third-order valence-electron chi connectivity index (χ3n) is 0.402. The Morgan fingerprint density at radius 1 is 0.923 bits per heavy atom. The minimum absolute atomic E-state index is 0. The van der Waals surface area contributed by atoms with E-state index in [0.29, 0.717) is 0 Å². The van der Waals surface area contributed by atoms with Crippen LogP contribution in [0.3, 0.4) is 0 Å². The standard InChI is InChI=1S/2C2H5NOS.Na.2H2O.H/c2*1-4-2(3)5;;;;/h2*1H3,(H2,3,5);;2*1H2;. The van der Waals surface area contributed by atoms with E-state index in [1.807, 2.05) is 0 Å². The normalized spacial score (nSPS) is 5.08.